The maximum absolute atomic E-state index is 12.5. The molecule has 0 heterocycles. The molecule has 0 saturated heterocycles. The van der Waals surface area contributed by atoms with Crippen LogP contribution in [0.4, 0.5) is 0 Å². The normalized spacial score (nSPS) is 12.7. The van der Waals surface area contributed by atoms with Crippen molar-refractivity contribution in [3.63, 3.8) is 0 Å². The number of rotatable bonds is 64. The number of unbranched alkanes of at least 4 members (excludes halogenated alkanes) is 49. The molecule has 0 rings (SSSR count). The second-order valence-electron chi connectivity index (χ2n) is 23.5. The third-order valence-electron chi connectivity index (χ3n) is 15.9. The van der Waals surface area contributed by atoms with Crippen LogP contribution in [0.1, 0.15) is 373 Å². The molecule has 0 aromatic heterocycles. The fourth-order valence-corrected chi connectivity index (χ4v) is 10.6. The van der Waals surface area contributed by atoms with Crippen LogP contribution in [-0.2, 0) is 14.3 Å². The summed E-state index contributed by atoms with van der Waals surface area (Å²) in [5.41, 5.74) is 0. The molecule has 76 heavy (non-hydrogen) atoms. The number of nitrogens with one attached hydrogen (secondary N) is 1. The summed E-state index contributed by atoms with van der Waals surface area (Å²) in [7, 11) is 0. The van der Waals surface area contributed by atoms with Crippen LogP contribution < -0.4 is 5.32 Å². The molecule has 3 N–H and O–H groups in total. The Labute approximate surface area is 474 Å². The van der Waals surface area contributed by atoms with E-state index in [9.17, 15) is 19.8 Å². The Morgan fingerprint density at radius 1 is 0.355 bits per heavy atom. The molecule has 0 spiro atoms. The van der Waals surface area contributed by atoms with Gasteiger partial charge < -0.3 is 20.3 Å². The predicted octanol–water partition coefficient (Wildman–Crippen LogP) is 21.9. The first-order valence-electron chi connectivity index (χ1n) is 34.3. The van der Waals surface area contributed by atoms with Gasteiger partial charge in [-0.15, -0.1) is 0 Å². The molecular formula is C70H133NO5. The van der Waals surface area contributed by atoms with E-state index in [-0.39, 0.29) is 18.5 Å². The molecule has 0 radical (unpaired) electrons. The molecule has 0 aromatic rings. The highest BCUT2D eigenvalue weighted by molar-refractivity contribution is 5.76. The number of aliphatic hydroxyl groups is 2. The molecule has 0 aliphatic rings. The summed E-state index contributed by atoms with van der Waals surface area (Å²) < 4.78 is 5.46. The van der Waals surface area contributed by atoms with Crippen molar-refractivity contribution in [2.24, 2.45) is 0 Å². The van der Waals surface area contributed by atoms with Gasteiger partial charge in [0, 0.05) is 12.8 Å². The summed E-state index contributed by atoms with van der Waals surface area (Å²) in [5, 5.41) is 23.3. The van der Waals surface area contributed by atoms with E-state index in [0.29, 0.717) is 19.4 Å². The standard InChI is InChI=1S/C70H133NO5/c1-3-5-7-9-11-13-15-16-17-18-19-20-21-24-27-30-33-36-39-43-46-50-54-58-62-68(73)67(66-72)71-69(74)63-59-55-51-47-44-40-37-34-31-28-25-22-23-26-29-32-35-38-41-45-49-53-57-61-65-76-70(75)64-60-56-52-48-42-14-12-10-8-6-4-2/h10,12,25,28,58,62,67-68,72-73H,3-9,11,13-24,26-27,29-57,59-61,63-66H2,1-2H3,(H,71,74)/b12-10-,28-25-,62-58+. The van der Waals surface area contributed by atoms with Gasteiger partial charge in [-0.05, 0) is 77.0 Å². The summed E-state index contributed by atoms with van der Waals surface area (Å²) in [6.45, 7) is 4.89. The monoisotopic (exact) mass is 1070 g/mol. The first-order valence-corrected chi connectivity index (χ1v) is 34.3. The molecule has 0 aliphatic carbocycles. The molecule has 6 nitrogen and oxygen atoms in total. The Morgan fingerprint density at radius 2 is 0.632 bits per heavy atom. The minimum absolute atomic E-state index is 0.00124. The molecule has 448 valence electrons. The van der Waals surface area contributed by atoms with Gasteiger partial charge in [0.25, 0.3) is 0 Å². The second kappa shape index (κ2) is 65.6. The van der Waals surface area contributed by atoms with Crippen LogP contribution >= 0.6 is 0 Å². The van der Waals surface area contributed by atoms with Crippen molar-refractivity contribution < 1.29 is 24.5 Å². The third kappa shape index (κ3) is 61.3. The molecule has 0 aromatic carbocycles. The van der Waals surface area contributed by atoms with Crippen molar-refractivity contribution in [1.29, 1.82) is 0 Å². The molecule has 0 bridgehead atoms. The molecule has 1 amide bonds. The number of carbonyl (C=O) groups is 2. The zero-order valence-corrected chi connectivity index (χ0v) is 51.3. The lowest BCUT2D eigenvalue weighted by molar-refractivity contribution is -0.143. The predicted molar refractivity (Wildman–Crippen MR) is 333 cm³/mol. The first kappa shape index (κ1) is 74.1. The molecule has 6 heteroatoms. The number of aliphatic hydroxyl groups excluding tert-OH is 2. The number of esters is 1. The largest absolute Gasteiger partial charge is 0.466 e. The van der Waals surface area contributed by atoms with Gasteiger partial charge in [-0.1, -0.05) is 320 Å². The maximum Gasteiger partial charge on any atom is 0.305 e. The molecule has 0 saturated carbocycles. The molecular weight excluding hydrogens is 935 g/mol. The van der Waals surface area contributed by atoms with Crippen molar-refractivity contribution >= 4 is 11.9 Å². The Hall–Kier alpha value is -1.92. The number of allylic oxidation sites excluding steroid dienone is 5. The lowest BCUT2D eigenvalue weighted by atomic mass is 10.0. The average molecular weight is 1070 g/mol. The minimum Gasteiger partial charge on any atom is -0.466 e. The van der Waals surface area contributed by atoms with Crippen molar-refractivity contribution in [2.75, 3.05) is 13.2 Å². The van der Waals surface area contributed by atoms with Gasteiger partial charge in [0.15, 0.2) is 0 Å². The number of ether oxygens (including phenoxy) is 1. The fraction of sp³-hybridized carbons (Fsp3) is 0.886. The molecule has 2 atom stereocenters. The quantitative estimate of drug-likeness (QED) is 0.0320. The fourth-order valence-electron chi connectivity index (χ4n) is 10.6. The van der Waals surface area contributed by atoms with Crippen molar-refractivity contribution in [3.05, 3.63) is 36.5 Å². The number of carbonyl (C=O) groups excluding carboxylic acids is 2. The van der Waals surface area contributed by atoms with Crippen molar-refractivity contribution in [3.8, 4) is 0 Å². The molecule has 0 aliphatic heterocycles. The Balaban J connectivity index is 3.44. The van der Waals surface area contributed by atoms with Gasteiger partial charge in [-0.2, -0.15) is 0 Å². The number of hydrogen-bond donors (Lipinski definition) is 3. The zero-order chi connectivity index (χ0) is 55.0. The second-order valence-corrected chi connectivity index (χ2v) is 23.5. The van der Waals surface area contributed by atoms with Crippen LogP contribution in [0.15, 0.2) is 36.5 Å². The van der Waals surface area contributed by atoms with Crippen LogP contribution in [0.3, 0.4) is 0 Å². The lowest BCUT2D eigenvalue weighted by Crippen LogP contribution is -2.45. The Morgan fingerprint density at radius 3 is 0.974 bits per heavy atom. The van der Waals surface area contributed by atoms with Gasteiger partial charge in [-0.25, -0.2) is 0 Å². The van der Waals surface area contributed by atoms with E-state index >= 15 is 0 Å². The summed E-state index contributed by atoms with van der Waals surface area (Å²) >= 11 is 0. The van der Waals surface area contributed by atoms with E-state index in [1.54, 1.807) is 6.08 Å². The Bertz CT molecular complexity index is 1230. The minimum atomic E-state index is -0.849. The van der Waals surface area contributed by atoms with E-state index in [1.165, 1.54) is 302 Å². The lowest BCUT2D eigenvalue weighted by Gasteiger charge is -2.20. The van der Waals surface area contributed by atoms with Crippen LogP contribution in [0.2, 0.25) is 0 Å². The van der Waals surface area contributed by atoms with E-state index in [2.05, 4.69) is 43.5 Å². The van der Waals surface area contributed by atoms with Gasteiger partial charge in [0.05, 0.1) is 25.4 Å². The van der Waals surface area contributed by atoms with Gasteiger partial charge >= 0.3 is 5.97 Å². The zero-order valence-electron chi connectivity index (χ0n) is 51.3. The van der Waals surface area contributed by atoms with Crippen molar-refractivity contribution in [1.82, 2.24) is 5.32 Å². The van der Waals surface area contributed by atoms with Crippen LogP contribution in [0.5, 0.6) is 0 Å². The van der Waals surface area contributed by atoms with Crippen molar-refractivity contribution in [2.45, 2.75) is 386 Å². The summed E-state index contributed by atoms with van der Waals surface area (Å²) in [6.07, 6.45) is 83.6. The van der Waals surface area contributed by atoms with Crippen LogP contribution in [0, 0.1) is 0 Å². The van der Waals surface area contributed by atoms with Gasteiger partial charge in [0.2, 0.25) is 5.91 Å². The third-order valence-corrected chi connectivity index (χ3v) is 15.9. The van der Waals surface area contributed by atoms with E-state index < -0.39 is 12.1 Å². The van der Waals surface area contributed by atoms with E-state index in [4.69, 9.17) is 4.74 Å². The number of amides is 1. The van der Waals surface area contributed by atoms with E-state index in [0.717, 1.165) is 44.9 Å². The maximum atomic E-state index is 12.5. The SMILES string of the molecule is CCCC/C=C\CCCCCCCC(=O)OCCCCCCCCCCCCCC/C=C\CCCCCCCCCCC(=O)NC(CO)C(O)/C=C/CCCCCCCCCCCCCCCCCCCCCCCC. The first-order chi connectivity index (χ1) is 37.5. The van der Waals surface area contributed by atoms with Gasteiger partial charge in [0.1, 0.15) is 0 Å². The summed E-state index contributed by atoms with van der Waals surface area (Å²) in [5.74, 6) is -0.0677. The average Bonchev–Trinajstić information content (AvgIpc) is 3.42. The number of hydrogen-bond acceptors (Lipinski definition) is 5. The Kier molecular flexibility index (Phi) is 63.9. The molecule has 2 unspecified atom stereocenters. The highest BCUT2D eigenvalue weighted by Gasteiger charge is 2.18. The smallest absolute Gasteiger partial charge is 0.305 e. The van der Waals surface area contributed by atoms with Crippen LogP contribution in [0.25, 0.3) is 0 Å². The highest BCUT2D eigenvalue weighted by atomic mass is 16.5. The topological polar surface area (TPSA) is 95.9 Å². The summed E-state index contributed by atoms with van der Waals surface area (Å²) in [6, 6.07) is -0.633. The summed E-state index contributed by atoms with van der Waals surface area (Å²) in [4.78, 5) is 24.5. The van der Waals surface area contributed by atoms with E-state index in [1.807, 2.05) is 6.08 Å². The molecule has 0 fully saturated rings. The highest BCUT2D eigenvalue weighted by Crippen LogP contribution is 2.18. The van der Waals surface area contributed by atoms with Gasteiger partial charge in [-0.3, -0.25) is 9.59 Å². The van der Waals surface area contributed by atoms with Crippen LogP contribution in [-0.4, -0.2) is 47.4 Å².